The minimum atomic E-state index is 0.104. The summed E-state index contributed by atoms with van der Waals surface area (Å²) in [6.07, 6.45) is 7.82. The van der Waals surface area contributed by atoms with Crippen LogP contribution in [0, 0.1) is 13.8 Å². The normalized spacial score (nSPS) is 21.2. The Morgan fingerprint density at radius 1 is 1.11 bits per heavy atom. The van der Waals surface area contributed by atoms with Crippen LogP contribution >= 0.6 is 11.8 Å². The van der Waals surface area contributed by atoms with Crippen LogP contribution in [0.4, 0.5) is 5.69 Å². The molecule has 1 aliphatic heterocycles. The molecule has 1 aliphatic carbocycles. The first kappa shape index (κ1) is 19.1. The van der Waals surface area contributed by atoms with E-state index in [1.807, 2.05) is 41.3 Å². The lowest BCUT2D eigenvalue weighted by Crippen LogP contribution is -2.40. The lowest BCUT2D eigenvalue weighted by molar-refractivity contribution is -0.124. The number of rotatable bonds is 3. The predicted octanol–water partition coefficient (Wildman–Crippen LogP) is 5.58. The van der Waals surface area contributed by atoms with E-state index < -0.39 is 0 Å². The van der Waals surface area contributed by atoms with Crippen LogP contribution in [0.5, 0.6) is 0 Å². The smallest absolute Gasteiger partial charge is 0.267 e. The highest BCUT2D eigenvalue weighted by molar-refractivity contribution is 8.18. The van der Waals surface area contributed by atoms with Crippen molar-refractivity contribution in [2.24, 2.45) is 12.0 Å². The quantitative estimate of drug-likeness (QED) is 0.639. The van der Waals surface area contributed by atoms with E-state index in [1.54, 1.807) is 0 Å². The van der Waals surface area contributed by atoms with Gasteiger partial charge in [-0.2, -0.15) is 0 Å². The fourth-order valence-electron chi connectivity index (χ4n) is 4.01. The number of aliphatic imine (C=N–C) groups is 1. The van der Waals surface area contributed by atoms with Gasteiger partial charge >= 0.3 is 0 Å². The number of aryl methyl sites for hydroxylation is 1. The highest BCUT2D eigenvalue weighted by atomic mass is 32.2. The molecule has 0 radical (unpaired) electrons. The van der Waals surface area contributed by atoms with Gasteiger partial charge in [-0.05, 0) is 68.3 Å². The average Bonchev–Trinajstić information content (AvgIpc) is 3.14. The van der Waals surface area contributed by atoms with Crippen molar-refractivity contribution in [3.63, 3.8) is 0 Å². The third-order valence-electron chi connectivity index (χ3n) is 5.86. The number of para-hydroxylation sites is 1. The van der Waals surface area contributed by atoms with Gasteiger partial charge in [0, 0.05) is 24.5 Å². The summed E-state index contributed by atoms with van der Waals surface area (Å²) in [7, 11) is 2.06. The molecule has 0 bridgehead atoms. The van der Waals surface area contributed by atoms with Gasteiger partial charge in [-0.1, -0.05) is 37.5 Å². The van der Waals surface area contributed by atoms with Crippen molar-refractivity contribution < 1.29 is 4.79 Å². The lowest BCUT2D eigenvalue weighted by atomic mass is 9.94. The third kappa shape index (κ3) is 3.68. The molecule has 5 heteroatoms. The zero-order chi connectivity index (χ0) is 19.7. The molecule has 2 heterocycles. The largest absolute Gasteiger partial charge is 0.352 e. The molecule has 2 fully saturated rings. The number of carbonyl (C=O) groups excluding carboxylic acids is 1. The van der Waals surface area contributed by atoms with Crippen LogP contribution in [0.2, 0.25) is 0 Å². The lowest BCUT2D eigenvalue weighted by Gasteiger charge is -2.30. The minimum absolute atomic E-state index is 0.104. The summed E-state index contributed by atoms with van der Waals surface area (Å²) in [5.41, 5.74) is 4.38. The highest BCUT2D eigenvalue weighted by Gasteiger charge is 2.38. The first-order valence-corrected chi connectivity index (χ1v) is 10.9. The fourth-order valence-corrected chi connectivity index (χ4v) is 5.06. The molecular formula is C23H27N3OS. The zero-order valence-corrected chi connectivity index (χ0v) is 17.6. The molecule has 1 aromatic carbocycles. The van der Waals surface area contributed by atoms with Crippen LogP contribution in [0.3, 0.4) is 0 Å². The van der Waals surface area contributed by atoms with Gasteiger partial charge in [0.15, 0.2) is 5.17 Å². The van der Waals surface area contributed by atoms with Crippen LogP contribution < -0.4 is 0 Å². The third-order valence-corrected chi connectivity index (χ3v) is 6.84. The molecule has 28 heavy (non-hydrogen) atoms. The number of hydrogen-bond donors (Lipinski definition) is 0. The van der Waals surface area contributed by atoms with Gasteiger partial charge < -0.3 is 4.57 Å². The van der Waals surface area contributed by atoms with Crippen molar-refractivity contribution in [3.8, 4) is 0 Å². The Morgan fingerprint density at radius 2 is 1.82 bits per heavy atom. The van der Waals surface area contributed by atoms with Gasteiger partial charge in [0.1, 0.15) is 0 Å². The summed E-state index contributed by atoms with van der Waals surface area (Å²) in [5.74, 6) is 0.104. The standard InChI is InChI=1S/C23H27N3OS/c1-16-14-18(17(2)25(16)3)15-21-22(27)26(20-12-8-5-9-13-20)23(28-21)24-19-10-6-4-7-11-19/h4,6-7,10-11,14-15,20H,5,8-9,12-13H2,1-3H3/b21-15-,24-23?. The number of amidine groups is 1. The van der Waals surface area contributed by atoms with Crippen LogP contribution in [-0.4, -0.2) is 26.6 Å². The summed E-state index contributed by atoms with van der Waals surface area (Å²) < 4.78 is 2.16. The van der Waals surface area contributed by atoms with E-state index in [-0.39, 0.29) is 11.9 Å². The molecule has 4 rings (SSSR count). The number of benzene rings is 1. The van der Waals surface area contributed by atoms with Crippen molar-refractivity contribution in [3.05, 3.63) is 58.3 Å². The zero-order valence-electron chi connectivity index (χ0n) is 16.8. The molecule has 1 amide bonds. The van der Waals surface area contributed by atoms with Crippen molar-refractivity contribution in [1.82, 2.24) is 9.47 Å². The Morgan fingerprint density at radius 3 is 2.46 bits per heavy atom. The number of amides is 1. The van der Waals surface area contributed by atoms with E-state index in [0.29, 0.717) is 0 Å². The van der Waals surface area contributed by atoms with Crippen molar-refractivity contribution >= 4 is 34.6 Å². The van der Waals surface area contributed by atoms with E-state index in [2.05, 4.69) is 31.5 Å². The Hall–Kier alpha value is -2.27. The van der Waals surface area contributed by atoms with E-state index >= 15 is 0 Å². The molecule has 0 N–H and O–H groups in total. The number of carbonyl (C=O) groups is 1. The molecule has 0 unspecified atom stereocenters. The topological polar surface area (TPSA) is 37.6 Å². The summed E-state index contributed by atoms with van der Waals surface area (Å²) in [6, 6.07) is 12.3. The van der Waals surface area contributed by atoms with E-state index in [1.165, 1.54) is 42.4 Å². The van der Waals surface area contributed by atoms with Crippen molar-refractivity contribution in [2.75, 3.05) is 0 Å². The van der Waals surface area contributed by atoms with Crippen LogP contribution in [0.1, 0.15) is 49.1 Å². The second kappa shape index (κ2) is 8.00. The van der Waals surface area contributed by atoms with Crippen LogP contribution in [0.15, 0.2) is 46.3 Å². The SMILES string of the molecule is Cc1cc(/C=C2\SC(=Nc3ccccc3)N(C3CCCCC3)C2=O)c(C)n1C. The van der Waals surface area contributed by atoms with Gasteiger partial charge in [-0.15, -0.1) is 0 Å². The van der Waals surface area contributed by atoms with Gasteiger partial charge in [0.2, 0.25) is 0 Å². The Labute approximate surface area is 171 Å². The highest BCUT2D eigenvalue weighted by Crippen LogP contribution is 2.38. The molecule has 0 atom stereocenters. The van der Waals surface area contributed by atoms with E-state index in [0.717, 1.165) is 34.2 Å². The molecule has 2 aliphatic rings. The number of hydrogen-bond acceptors (Lipinski definition) is 3. The fraction of sp³-hybridized carbons (Fsp3) is 0.391. The maximum Gasteiger partial charge on any atom is 0.267 e. The van der Waals surface area contributed by atoms with E-state index in [9.17, 15) is 4.79 Å². The summed E-state index contributed by atoms with van der Waals surface area (Å²) >= 11 is 1.51. The van der Waals surface area contributed by atoms with Crippen LogP contribution in [-0.2, 0) is 11.8 Å². The molecule has 4 nitrogen and oxygen atoms in total. The molecule has 2 aromatic rings. The molecule has 0 spiro atoms. The molecule has 146 valence electrons. The Balaban J connectivity index is 1.72. The molecule has 1 saturated carbocycles. The summed E-state index contributed by atoms with van der Waals surface area (Å²) in [5, 5.41) is 0.819. The second-order valence-corrected chi connectivity index (χ2v) is 8.70. The number of aromatic nitrogens is 1. The van der Waals surface area contributed by atoms with Crippen LogP contribution in [0.25, 0.3) is 6.08 Å². The monoisotopic (exact) mass is 393 g/mol. The van der Waals surface area contributed by atoms with Gasteiger partial charge in [0.25, 0.3) is 5.91 Å². The first-order chi connectivity index (χ1) is 13.5. The molecular weight excluding hydrogens is 366 g/mol. The maximum absolute atomic E-state index is 13.4. The number of nitrogens with zero attached hydrogens (tertiary/aromatic N) is 3. The summed E-state index contributed by atoms with van der Waals surface area (Å²) in [6.45, 7) is 4.19. The summed E-state index contributed by atoms with van der Waals surface area (Å²) in [4.78, 5) is 20.9. The van der Waals surface area contributed by atoms with Crippen molar-refractivity contribution in [2.45, 2.75) is 52.0 Å². The van der Waals surface area contributed by atoms with Crippen molar-refractivity contribution in [1.29, 1.82) is 0 Å². The minimum Gasteiger partial charge on any atom is -0.352 e. The van der Waals surface area contributed by atoms with Gasteiger partial charge in [-0.25, -0.2) is 4.99 Å². The second-order valence-electron chi connectivity index (χ2n) is 7.69. The Kier molecular flexibility index (Phi) is 5.44. The molecule has 1 saturated heterocycles. The van der Waals surface area contributed by atoms with Gasteiger partial charge in [0.05, 0.1) is 10.6 Å². The predicted molar refractivity (Wildman–Crippen MR) is 118 cm³/mol. The Bertz CT molecular complexity index is 936. The first-order valence-electron chi connectivity index (χ1n) is 10.0. The average molecular weight is 394 g/mol. The van der Waals surface area contributed by atoms with Gasteiger partial charge in [-0.3, -0.25) is 9.69 Å². The number of thioether (sulfide) groups is 1. The maximum atomic E-state index is 13.4. The molecule has 1 aromatic heterocycles. The van der Waals surface area contributed by atoms with E-state index in [4.69, 9.17) is 4.99 Å².